The van der Waals surface area contributed by atoms with Gasteiger partial charge in [-0.25, -0.2) is 4.68 Å². The molecule has 1 heterocycles. The van der Waals surface area contributed by atoms with Gasteiger partial charge in [-0.1, -0.05) is 43.7 Å². The molecule has 1 aromatic heterocycles. The largest absolute Gasteiger partial charge is 0.324 e. The molecule has 150 valence electrons. The van der Waals surface area contributed by atoms with Gasteiger partial charge in [0.15, 0.2) is 0 Å². The SMILES string of the molecule is CCc1ccc(NC(=O)C(CC)n2nc(-c3cc(C)ccc3C)ccc2=O)cc1. The van der Waals surface area contributed by atoms with Gasteiger partial charge in [0.05, 0.1) is 5.69 Å². The maximum atomic E-state index is 12.9. The van der Waals surface area contributed by atoms with Gasteiger partial charge in [0.1, 0.15) is 6.04 Å². The molecule has 29 heavy (non-hydrogen) atoms. The Morgan fingerprint density at radius 3 is 2.41 bits per heavy atom. The summed E-state index contributed by atoms with van der Waals surface area (Å²) in [4.78, 5) is 25.4. The quantitative estimate of drug-likeness (QED) is 0.666. The molecule has 2 aromatic carbocycles. The number of aryl methyl sites for hydroxylation is 3. The van der Waals surface area contributed by atoms with Crippen molar-refractivity contribution >= 4 is 11.6 Å². The predicted molar refractivity (Wildman–Crippen MR) is 117 cm³/mol. The van der Waals surface area contributed by atoms with Gasteiger partial charge in [-0.2, -0.15) is 5.10 Å². The summed E-state index contributed by atoms with van der Waals surface area (Å²) in [7, 11) is 0. The zero-order valence-corrected chi connectivity index (χ0v) is 17.4. The average Bonchev–Trinajstić information content (AvgIpc) is 2.72. The van der Waals surface area contributed by atoms with Crippen LogP contribution in [0.25, 0.3) is 11.3 Å². The highest BCUT2D eigenvalue weighted by Crippen LogP contribution is 2.23. The van der Waals surface area contributed by atoms with Crippen LogP contribution in [0.15, 0.2) is 59.4 Å². The van der Waals surface area contributed by atoms with Crippen molar-refractivity contribution in [3.8, 4) is 11.3 Å². The van der Waals surface area contributed by atoms with Gasteiger partial charge in [0.2, 0.25) is 5.91 Å². The predicted octanol–water partition coefficient (Wildman–Crippen LogP) is 4.68. The van der Waals surface area contributed by atoms with Crippen molar-refractivity contribution in [2.45, 2.75) is 46.6 Å². The van der Waals surface area contributed by atoms with E-state index < -0.39 is 6.04 Å². The highest BCUT2D eigenvalue weighted by Gasteiger charge is 2.22. The van der Waals surface area contributed by atoms with Crippen LogP contribution in [0.5, 0.6) is 0 Å². The van der Waals surface area contributed by atoms with Crippen LogP contribution in [0.3, 0.4) is 0 Å². The summed E-state index contributed by atoms with van der Waals surface area (Å²) in [5, 5.41) is 7.46. The third-order valence-corrected chi connectivity index (χ3v) is 5.11. The Hall–Kier alpha value is -3.21. The minimum absolute atomic E-state index is 0.246. The molecule has 0 saturated heterocycles. The van der Waals surface area contributed by atoms with Gasteiger partial charge in [-0.05, 0) is 62.1 Å². The Labute approximate surface area is 171 Å². The maximum absolute atomic E-state index is 12.9. The Balaban J connectivity index is 1.93. The van der Waals surface area contributed by atoms with E-state index in [0.29, 0.717) is 17.8 Å². The standard InChI is InChI=1S/C24H27N3O2/c1-5-18-9-11-19(12-10-18)25-24(29)22(6-2)27-23(28)14-13-21(26-27)20-15-16(3)7-8-17(20)4/h7-15,22H,5-6H2,1-4H3,(H,25,29). The molecule has 5 heteroatoms. The van der Waals surface area contributed by atoms with Crippen LogP contribution < -0.4 is 10.9 Å². The fraction of sp³-hybridized carbons (Fsp3) is 0.292. The number of hydrogen-bond donors (Lipinski definition) is 1. The number of benzene rings is 2. The minimum atomic E-state index is -0.682. The number of nitrogens with one attached hydrogen (secondary N) is 1. The Kier molecular flexibility index (Phi) is 6.27. The van der Waals surface area contributed by atoms with E-state index >= 15 is 0 Å². The minimum Gasteiger partial charge on any atom is -0.324 e. The third kappa shape index (κ3) is 4.62. The number of rotatable bonds is 6. The molecule has 0 aliphatic heterocycles. The first kappa shape index (κ1) is 20.5. The second-order valence-electron chi connectivity index (χ2n) is 7.28. The molecule has 5 nitrogen and oxygen atoms in total. The number of nitrogens with zero attached hydrogens (tertiary/aromatic N) is 2. The first-order valence-electron chi connectivity index (χ1n) is 10.00. The second-order valence-corrected chi connectivity index (χ2v) is 7.28. The van der Waals surface area contributed by atoms with Gasteiger partial charge < -0.3 is 5.32 Å². The van der Waals surface area contributed by atoms with E-state index in [4.69, 9.17) is 0 Å². The molecule has 1 unspecified atom stereocenters. The molecule has 0 radical (unpaired) electrons. The third-order valence-electron chi connectivity index (χ3n) is 5.11. The molecular weight excluding hydrogens is 362 g/mol. The summed E-state index contributed by atoms with van der Waals surface area (Å²) in [6.07, 6.45) is 1.40. The van der Waals surface area contributed by atoms with Crippen LogP contribution in [-0.2, 0) is 11.2 Å². The summed E-state index contributed by atoms with van der Waals surface area (Å²) in [6, 6.07) is 16.4. The number of carbonyl (C=O) groups excluding carboxylic acids is 1. The van der Waals surface area contributed by atoms with E-state index in [1.54, 1.807) is 6.07 Å². The molecule has 0 bridgehead atoms. The molecule has 0 aliphatic carbocycles. The van der Waals surface area contributed by atoms with Crippen molar-refractivity contribution < 1.29 is 4.79 Å². The van der Waals surface area contributed by atoms with Crippen molar-refractivity contribution in [2.24, 2.45) is 0 Å². The van der Waals surface area contributed by atoms with Crippen molar-refractivity contribution in [2.75, 3.05) is 5.32 Å². The number of amides is 1. The summed E-state index contributed by atoms with van der Waals surface area (Å²) in [6.45, 7) is 7.99. The molecule has 3 rings (SSSR count). The number of aromatic nitrogens is 2. The van der Waals surface area contributed by atoms with Crippen molar-refractivity contribution in [1.82, 2.24) is 9.78 Å². The van der Waals surface area contributed by atoms with Crippen LogP contribution in [0.2, 0.25) is 0 Å². The summed E-state index contributed by atoms with van der Waals surface area (Å²) in [5.41, 5.74) is 5.46. The zero-order chi connectivity index (χ0) is 21.0. The highest BCUT2D eigenvalue weighted by molar-refractivity contribution is 5.93. The molecule has 1 N–H and O–H groups in total. The van der Waals surface area contributed by atoms with E-state index in [-0.39, 0.29) is 11.5 Å². The van der Waals surface area contributed by atoms with Gasteiger partial charge in [0.25, 0.3) is 5.56 Å². The smallest absolute Gasteiger partial charge is 0.267 e. The van der Waals surface area contributed by atoms with E-state index in [2.05, 4.69) is 17.3 Å². The van der Waals surface area contributed by atoms with Crippen LogP contribution in [-0.4, -0.2) is 15.7 Å². The molecular formula is C24H27N3O2. The van der Waals surface area contributed by atoms with Crippen molar-refractivity contribution in [3.63, 3.8) is 0 Å². The number of carbonyl (C=O) groups is 1. The van der Waals surface area contributed by atoms with E-state index in [1.165, 1.54) is 16.3 Å². The lowest BCUT2D eigenvalue weighted by Crippen LogP contribution is -2.34. The normalized spacial score (nSPS) is 11.9. The molecule has 1 atom stereocenters. The van der Waals surface area contributed by atoms with Crippen molar-refractivity contribution in [3.05, 3.63) is 81.6 Å². The van der Waals surface area contributed by atoms with E-state index in [1.807, 2.05) is 63.2 Å². The fourth-order valence-electron chi connectivity index (χ4n) is 3.32. The summed E-state index contributed by atoms with van der Waals surface area (Å²) in [5.74, 6) is -0.246. The van der Waals surface area contributed by atoms with Gasteiger partial charge in [-0.15, -0.1) is 0 Å². The molecule has 3 aromatic rings. The average molecular weight is 389 g/mol. The Bertz CT molecular complexity index is 1070. The highest BCUT2D eigenvalue weighted by atomic mass is 16.2. The van der Waals surface area contributed by atoms with Gasteiger partial charge in [-0.3, -0.25) is 9.59 Å². The molecule has 0 fully saturated rings. The maximum Gasteiger partial charge on any atom is 0.267 e. The van der Waals surface area contributed by atoms with E-state index in [9.17, 15) is 9.59 Å². The van der Waals surface area contributed by atoms with E-state index in [0.717, 1.165) is 23.1 Å². The van der Waals surface area contributed by atoms with Crippen LogP contribution in [0.1, 0.15) is 43.0 Å². The second kappa shape index (κ2) is 8.86. The summed E-state index contributed by atoms with van der Waals surface area (Å²) >= 11 is 0. The Morgan fingerprint density at radius 2 is 1.76 bits per heavy atom. The first-order chi connectivity index (χ1) is 13.9. The molecule has 0 saturated carbocycles. The zero-order valence-electron chi connectivity index (χ0n) is 17.4. The lowest BCUT2D eigenvalue weighted by Gasteiger charge is -2.18. The number of anilines is 1. The van der Waals surface area contributed by atoms with Crippen LogP contribution >= 0.6 is 0 Å². The fourth-order valence-corrected chi connectivity index (χ4v) is 3.32. The van der Waals surface area contributed by atoms with Crippen LogP contribution in [0.4, 0.5) is 5.69 Å². The Morgan fingerprint density at radius 1 is 1.03 bits per heavy atom. The van der Waals surface area contributed by atoms with Crippen molar-refractivity contribution in [1.29, 1.82) is 0 Å². The molecule has 0 aliphatic rings. The number of hydrogen-bond acceptors (Lipinski definition) is 3. The lowest BCUT2D eigenvalue weighted by atomic mass is 10.0. The molecule has 0 spiro atoms. The summed E-state index contributed by atoms with van der Waals surface area (Å²) < 4.78 is 1.30. The molecule has 1 amide bonds. The lowest BCUT2D eigenvalue weighted by molar-refractivity contribution is -0.119. The topological polar surface area (TPSA) is 64.0 Å². The van der Waals surface area contributed by atoms with Gasteiger partial charge in [0, 0.05) is 17.3 Å². The van der Waals surface area contributed by atoms with Gasteiger partial charge >= 0.3 is 0 Å². The first-order valence-corrected chi connectivity index (χ1v) is 10.00. The van der Waals surface area contributed by atoms with Crippen LogP contribution in [0, 0.1) is 13.8 Å². The monoisotopic (exact) mass is 389 g/mol.